The lowest BCUT2D eigenvalue weighted by Crippen LogP contribution is -2.39. The number of nitrogens with one attached hydrogen (secondary N) is 1. The number of methoxy groups -OCH3 is 1. The smallest absolute Gasteiger partial charge is 0.273 e. The highest BCUT2D eigenvalue weighted by atomic mass is 32.2. The van der Waals surface area contributed by atoms with Gasteiger partial charge < -0.3 is 4.74 Å². The van der Waals surface area contributed by atoms with Gasteiger partial charge in [-0.25, -0.2) is 13.8 Å². The third-order valence-corrected chi connectivity index (χ3v) is 8.69. The largest absolute Gasteiger partial charge is 0.497 e. The summed E-state index contributed by atoms with van der Waals surface area (Å²) in [6.45, 7) is 0.904. The number of ether oxygens (including phenoxy) is 1. The summed E-state index contributed by atoms with van der Waals surface area (Å²) in [6.07, 6.45) is 3.52. The fourth-order valence-electron chi connectivity index (χ4n) is 4.86. The molecule has 0 aromatic heterocycles. The van der Waals surface area contributed by atoms with Crippen molar-refractivity contribution in [3.05, 3.63) is 105 Å². The van der Waals surface area contributed by atoms with E-state index >= 15 is 0 Å². The van der Waals surface area contributed by atoms with Crippen LogP contribution in [0.2, 0.25) is 0 Å². The van der Waals surface area contributed by atoms with Gasteiger partial charge in [-0.1, -0.05) is 36.4 Å². The lowest BCUT2D eigenvalue weighted by molar-refractivity contribution is -0.385. The molecule has 0 spiro atoms. The zero-order chi connectivity index (χ0) is 28.4. The van der Waals surface area contributed by atoms with Gasteiger partial charge in [0.15, 0.2) is 0 Å². The zero-order valence-corrected chi connectivity index (χ0v) is 22.6. The topological polar surface area (TPSA) is 131 Å². The van der Waals surface area contributed by atoms with Gasteiger partial charge in [0.2, 0.25) is 0 Å². The number of benzene rings is 4. The van der Waals surface area contributed by atoms with Gasteiger partial charge in [0, 0.05) is 17.2 Å². The maximum absolute atomic E-state index is 13.7. The van der Waals surface area contributed by atoms with Gasteiger partial charge in [0.1, 0.15) is 12.3 Å². The van der Waals surface area contributed by atoms with Crippen LogP contribution in [-0.4, -0.2) is 39.1 Å². The van der Waals surface area contributed by atoms with Crippen molar-refractivity contribution in [2.75, 3.05) is 18.0 Å². The summed E-state index contributed by atoms with van der Waals surface area (Å²) in [7, 11) is -2.90. The molecule has 0 bridgehead atoms. The Morgan fingerprint density at radius 3 is 2.50 bits per heavy atom. The van der Waals surface area contributed by atoms with Crippen molar-refractivity contribution in [2.45, 2.75) is 24.7 Å². The first kappa shape index (κ1) is 26.8. The molecule has 1 aliphatic carbocycles. The number of carbonyl (C=O) groups is 1. The van der Waals surface area contributed by atoms with Crippen LogP contribution in [0.25, 0.3) is 10.8 Å². The Labute approximate surface area is 231 Å². The number of nitro groups is 1. The Hall–Kier alpha value is -4.77. The minimum absolute atomic E-state index is 0.177. The summed E-state index contributed by atoms with van der Waals surface area (Å²) in [6, 6.07) is 19.8. The number of hydrazone groups is 1. The van der Waals surface area contributed by atoms with Crippen molar-refractivity contribution < 1.29 is 22.9 Å². The zero-order valence-electron chi connectivity index (χ0n) is 21.8. The van der Waals surface area contributed by atoms with E-state index in [0.717, 1.165) is 34.2 Å². The Balaban J connectivity index is 1.42. The number of nitro benzene ring substituents is 1. The van der Waals surface area contributed by atoms with E-state index in [1.54, 1.807) is 12.1 Å². The van der Waals surface area contributed by atoms with E-state index in [0.29, 0.717) is 11.3 Å². The second-order valence-electron chi connectivity index (χ2n) is 9.36. The highest BCUT2D eigenvalue weighted by molar-refractivity contribution is 7.92. The summed E-state index contributed by atoms with van der Waals surface area (Å²) in [5, 5.41) is 17.8. The molecule has 0 atom stereocenters. The molecule has 0 heterocycles. The van der Waals surface area contributed by atoms with E-state index in [2.05, 4.69) is 22.7 Å². The second kappa shape index (κ2) is 10.8. The van der Waals surface area contributed by atoms with Crippen molar-refractivity contribution in [2.24, 2.45) is 5.10 Å². The quantitative estimate of drug-likeness (QED) is 0.183. The van der Waals surface area contributed by atoms with Crippen molar-refractivity contribution in [3.8, 4) is 5.75 Å². The van der Waals surface area contributed by atoms with Crippen LogP contribution in [0, 0.1) is 17.0 Å². The maximum atomic E-state index is 13.7. The SMILES string of the molecule is COc1ccc(N(CC(=O)N/N=C\c2ccc3c4c(cccc24)CC3)S(=O)(=O)c2ccc(C)c([N+](=O)[O-])c2)cc1. The minimum atomic E-state index is -4.37. The third kappa shape index (κ3) is 5.10. The summed E-state index contributed by atoms with van der Waals surface area (Å²) in [5.41, 5.74) is 5.96. The number of carbonyl (C=O) groups excluding carboxylic acids is 1. The van der Waals surface area contributed by atoms with Crippen LogP contribution in [0.3, 0.4) is 0 Å². The first-order valence-electron chi connectivity index (χ1n) is 12.5. The highest BCUT2D eigenvalue weighted by Crippen LogP contribution is 2.32. The molecule has 4 aromatic carbocycles. The molecule has 0 fully saturated rings. The molecule has 40 heavy (non-hydrogen) atoms. The number of sulfonamides is 1. The maximum Gasteiger partial charge on any atom is 0.273 e. The third-order valence-electron chi connectivity index (χ3n) is 6.92. The number of hydrogen-bond acceptors (Lipinski definition) is 7. The van der Waals surface area contributed by atoms with E-state index in [1.807, 2.05) is 18.2 Å². The van der Waals surface area contributed by atoms with E-state index < -0.39 is 27.4 Å². The monoisotopic (exact) mass is 558 g/mol. The molecular formula is C29H26N4O6S. The van der Waals surface area contributed by atoms with Gasteiger partial charge in [-0.2, -0.15) is 5.10 Å². The highest BCUT2D eigenvalue weighted by Gasteiger charge is 2.29. The average Bonchev–Trinajstić information content (AvgIpc) is 3.37. The van der Waals surface area contributed by atoms with E-state index in [1.165, 1.54) is 61.0 Å². The Kier molecular flexibility index (Phi) is 7.22. The van der Waals surface area contributed by atoms with Crippen LogP contribution < -0.4 is 14.5 Å². The van der Waals surface area contributed by atoms with Crippen molar-refractivity contribution in [3.63, 3.8) is 0 Å². The molecule has 0 saturated heterocycles. The summed E-state index contributed by atoms with van der Waals surface area (Å²) in [4.78, 5) is 23.5. The summed E-state index contributed by atoms with van der Waals surface area (Å²) < 4.78 is 33.4. The number of anilines is 1. The lowest BCUT2D eigenvalue weighted by atomic mass is 10.0. The second-order valence-corrected chi connectivity index (χ2v) is 11.2. The Bertz CT molecular complexity index is 1760. The molecule has 0 radical (unpaired) electrons. The van der Waals surface area contributed by atoms with Crippen LogP contribution in [0.1, 0.15) is 22.3 Å². The van der Waals surface area contributed by atoms with Gasteiger partial charge in [0.05, 0.1) is 28.8 Å². The molecule has 204 valence electrons. The standard InChI is InChI=1S/C29H26N4O6S/c1-19-6-15-25(16-27(19)33(35)36)40(37,38)32(23-11-13-24(39-2)14-12-23)18-28(34)31-30-17-22-10-9-21-8-7-20-4-3-5-26(22)29(20)21/h3-6,9-17H,7-8,18H2,1-2H3,(H,31,34)/b30-17-. The molecule has 0 unspecified atom stereocenters. The lowest BCUT2D eigenvalue weighted by Gasteiger charge is -2.24. The molecule has 1 N–H and O–H groups in total. The normalized spacial score (nSPS) is 12.6. The predicted octanol–water partition coefficient (Wildman–Crippen LogP) is 4.51. The fourth-order valence-corrected chi connectivity index (χ4v) is 6.30. The van der Waals surface area contributed by atoms with Crippen molar-refractivity contribution in [1.29, 1.82) is 0 Å². The molecule has 4 aromatic rings. The molecule has 0 saturated carbocycles. The molecule has 0 aliphatic heterocycles. The predicted molar refractivity (Wildman–Crippen MR) is 152 cm³/mol. The Morgan fingerprint density at radius 1 is 1.07 bits per heavy atom. The number of aryl methyl sites for hydroxylation is 3. The minimum Gasteiger partial charge on any atom is -0.497 e. The fraction of sp³-hybridized carbons (Fsp3) is 0.172. The van der Waals surface area contributed by atoms with Crippen LogP contribution in [0.4, 0.5) is 11.4 Å². The number of rotatable bonds is 9. The van der Waals surface area contributed by atoms with Gasteiger partial charge in [0.25, 0.3) is 21.6 Å². The Morgan fingerprint density at radius 2 is 1.80 bits per heavy atom. The van der Waals surface area contributed by atoms with Gasteiger partial charge >= 0.3 is 0 Å². The van der Waals surface area contributed by atoms with E-state index in [4.69, 9.17) is 4.74 Å². The van der Waals surface area contributed by atoms with Crippen molar-refractivity contribution in [1.82, 2.24) is 5.43 Å². The number of amides is 1. The van der Waals surface area contributed by atoms with Crippen LogP contribution in [-0.2, 0) is 27.7 Å². The van der Waals surface area contributed by atoms with Gasteiger partial charge in [-0.05, 0) is 72.0 Å². The van der Waals surface area contributed by atoms with E-state index in [9.17, 15) is 23.3 Å². The van der Waals surface area contributed by atoms with Crippen LogP contribution >= 0.6 is 0 Å². The first-order chi connectivity index (χ1) is 19.2. The molecule has 5 rings (SSSR count). The van der Waals surface area contributed by atoms with Gasteiger partial charge in [-0.15, -0.1) is 0 Å². The van der Waals surface area contributed by atoms with Crippen LogP contribution in [0.5, 0.6) is 5.75 Å². The summed E-state index contributed by atoms with van der Waals surface area (Å²) in [5.74, 6) is -0.199. The molecular weight excluding hydrogens is 532 g/mol. The van der Waals surface area contributed by atoms with E-state index in [-0.39, 0.29) is 16.3 Å². The molecule has 10 nitrogen and oxygen atoms in total. The van der Waals surface area contributed by atoms with Crippen LogP contribution in [0.15, 0.2) is 82.8 Å². The summed E-state index contributed by atoms with van der Waals surface area (Å²) >= 11 is 0. The number of nitrogens with zero attached hydrogens (tertiary/aromatic N) is 3. The molecule has 1 amide bonds. The molecule has 1 aliphatic rings. The van der Waals surface area contributed by atoms with Crippen molar-refractivity contribution >= 4 is 44.3 Å². The van der Waals surface area contributed by atoms with Gasteiger partial charge in [-0.3, -0.25) is 19.2 Å². The molecule has 11 heteroatoms. The average molecular weight is 559 g/mol. The number of hydrogen-bond donors (Lipinski definition) is 1. The first-order valence-corrected chi connectivity index (χ1v) is 13.9.